The molecule has 0 saturated carbocycles. The number of thioether (sulfide) groups is 1. The number of carbonyl (C=O) groups excluding carboxylic acids is 3. The summed E-state index contributed by atoms with van der Waals surface area (Å²) in [5.74, 6) is -1.29. The number of hydrogen-bond donors (Lipinski definition) is 1. The molecule has 2 aromatic rings. The molecule has 222 valence electrons. The minimum Gasteiger partial charge on any atom is -0.396 e. The van der Waals surface area contributed by atoms with Crippen LogP contribution in [0.2, 0.25) is 0 Å². The van der Waals surface area contributed by atoms with Crippen LogP contribution in [0.3, 0.4) is 0 Å². The highest BCUT2D eigenvalue weighted by molar-refractivity contribution is 8.02. The van der Waals surface area contributed by atoms with Crippen LogP contribution in [0.4, 0.5) is 5.69 Å². The lowest BCUT2D eigenvalue weighted by atomic mass is 9.74. The van der Waals surface area contributed by atoms with E-state index in [2.05, 4.69) is 44.2 Å². The fraction of sp³-hybridized carbons (Fsp3) is 0.500. The summed E-state index contributed by atoms with van der Waals surface area (Å²) >= 11 is 1.64. The predicted octanol–water partition coefficient (Wildman–Crippen LogP) is 4.79. The molecule has 2 saturated heterocycles. The van der Waals surface area contributed by atoms with Gasteiger partial charge in [0.05, 0.1) is 16.6 Å². The Morgan fingerprint density at radius 3 is 2.40 bits per heavy atom. The molecule has 0 aliphatic carbocycles. The highest BCUT2D eigenvalue weighted by Gasteiger charge is 2.73. The molecule has 4 heterocycles. The molecule has 1 spiro atoms. The first-order chi connectivity index (χ1) is 20.3. The SMILES string of the molecule is CCCN1CC=C[C@]2(C)S[C@]34C=CCN(c5ccc6ccccc6c5)C(=O)C3N(CCCCCCO)C(=O)[C@@H]4[C@@H]2C1=O. The molecule has 7 nitrogen and oxygen atoms in total. The van der Waals surface area contributed by atoms with E-state index >= 15 is 0 Å². The van der Waals surface area contributed by atoms with Gasteiger partial charge in [0.15, 0.2) is 0 Å². The van der Waals surface area contributed by atoms with Crippen LogP contribution >= 0.6 is 11.8 Å². The zero-order chi connectivity index (χ0) is 29.5. The molecule has 3 amide bonds. The lowest BCUT2D eigenvalue weighted by Gasteiger charge is -2.37. The molecule has 2 fully saturated rings. The van der Waals surface area contributed by atoms with Crippen LogP contribution in [0.25, 0.3) is 10.8 Å². The van der Waals surface area contributed by atoms with E-state index in [0.29, 0.717) is 26.2 Å². The first-order valence-electron chi connectivity index (χ1n) is 15.4. The second kappa shape index (κ2) is 11.5. The van der Waals surface area contributed by atoms with Crippen LogP contribution in [0.5, 0.6) is 0 Å². The fourth-order valence-corrected chi connectivity index (χ4v) is 9.76. The number of anilines is 1. The summed E-state index contributed by atoms with van der Waals surface area (Å²) in [6.07, 6.45) is 12.4. The number of unbranched alkanes of at least 4 members (excludes halogenated alkanes) is 3. The molecule has 8 heteroatoms. The zero-order valence-corrected chi connectivity index (χ0v) is 25.4. The molecular formula is C34H41N3O4S. The Labute approximate surface area is 252 Å². The van der Waals surface area contributed by atoms with Gasteiger partial charge in [0.2, 0.25) is 11.8 Å². The Morgan fingerprint density at radius 1 is 0.857 bits per heavy atom. The van der Waals surface area contributed by atoms with Crippen molar-refractivity contribution in [2.45, 2.75) is 61.5 Å². The maximum absolute atomic E-state index is 14.8. The van der Waals surface area contributed by atoms with Crippen LogP contribution in [0.15, 0.2) is 66.8 Å². The number of fused-ring (bicyclic) bond motifs is 3. The highest BCUT2D eigenvalue weighted by atomic mass is 32.2. The first kappa shape index (κ1) is 29.0. The molecule has 42 heavy (non-hydrogen) atoms. The molecule has 0 aromatic heterocycles. The standard InChI is InChI=1S/C34H41N3O4S/c1-3-18-35-19-10-16-33(2)27(30(35)39)28-31(40)37(20-8-4-5-9-22-38)29-32(41)36(21-11-17-34(28,29)42-33)26-15-14-24-12-6-7-13-25(24)23-26/h6-7,10-17,23,27-29,38H,3-5,8-9,18-22H2,1-2H3/t27-,28+,29?,33+,34+/m1/s1. The second-order valence-corrected chi connectivity index (χ2v) is 14.0. The Hall–Kier alpha value is -3.10. The van der Waals surface area contributed by atoms with Crippen molar-refractivity contribution in [2.75, 3.05) is 37.7 Å². The van der Waals surface area contributed by atoms with E-state index in [-0.39, 0.29) is 24.3 Å². The van der Waals surface area contributed by atoms with E-state index in [0.717, 1.165) is 48.6 Å². The van der Waals surface area contributed by atoms with E-state index < -0.39 is 27.4 Å². The van der Waals surface area contributed by atoms with Gasteiger partial charge in [-0.05, 0) is 49.1 Å². The van der Waals surface area contributed by atoms with E-state index in [1.165, 1.54) is 0 Å². The van der Waals surface area contributed by atoms with E-state index in [1.807, 2.05) is 46.2 Å². The monoisotopic (exact) mass is 587 g/mol. The van der Waals surface area contributed by atoms with Crippen molar-refractivity contribution in [1.82, 2.24) is 9.80 Å². The van der Waals surface area contributed by atoms with Crippen LogP contribution in [0, 0.1) is 11.8 Å². The normalized spacial score (nSPS) is 30.5. The third kappa shape index (κ3) is 4.67. The van der Waals surface area contributed by atoms with Gasteiger partial charge in [-0.25, -0.2) is 0 Å². The smallest absolute Gasteiger partial charge is 0.251 e. The van der Waals surface area contributed by atoms with Gasteiger partial charge in [-0.3, -0.25) is 14.4 Å². The number of aliphatic hydroxyl groups excluding tert-OH is 1. The Balaban J connectivity index is 1.41. The van der Waals surface area contributed by atoms with Gasteiger partial charge < -0.3 is 19.8 Å². The van der Waals surface area contributed by atoms with Crippen molar-refractivity contribution in [2.24, 2.45) is 11.8 Å². The van der Waals surface area contributed by atoms with Crippen LogP contribution in [0.1, 0.15) is 46.0 Å². The minimum absolute atomic E-state index is 0.0205. The number of aliphatic hydroxyl groups is 1. The Morgan fingerprint density at radius 2 is 1.62 bits per heavy atom. The number of amides is 3. The molecule has 5 atom stereocenters. The molecule has 0 radical (unpaired) electrons. The fourth-order valence-electron chi connectivity index (χ4n) is 7.61. The molecule has 1 N–H and O–H groups in total. The molecule has 4 aliphatic rings. The lowest BCUT2D eigenvalue weighted by molar-refractivity contribution is -0.143. The van der Waals surface area contributed by atoms with E-state index in [1.54, 1.807) is 16.7 Å². The quantitative estimate of drug-likeness (QED) is 0.337. The maximum atomic E-state index is 14.8. The van der Waals surface area contributed by atoms with Gasteiger partial charge in [-0.15, -0.1) is 11.8 Å². The van der Waals surface area contributed by atoms with Crippen molar-refractivity contribution in [3.63, 3.8) is 0 Å². The Bertz CT molecular complexity index is 1440. The van der Waals surface area contributed by atoms with Gasteiger partial charge >= 0.3 is 0 Å². The predicted molar refractivity (Wildman–Crippen MR) is 168 cm³/mol. The van der Waals surface area contributed by atoms with E-state index in [9.17, 15) is 19.5 Å². The van der Waals surface area contributed by atoms with Gasteiger partial charge in [-0.1, -0.05) is 74.4 Å². The molecule has 1 unspecified atom stereocenters. The van der Waals surface area contributed by atoms with Crippen molar-refractivity contribution in [3.8, 4) is 0 Å². The molecule has 4 aliphatic heterocycles. The lowest BCUT2D eigenvalue weighted by Crippen LogP contribution is -2.53. The summed E-state index contributed by atoms with van der Waals surface area (Å²) in [6, 6.07) is 13.5. The van der Waals surface area contributed by atoms with Crippen molar-refractivity contribution >= 4 is 45.9 Å². The molecule has 2 aromatic carbocycles. The van der Waals surface area contributed by atoms with Crippen molar-refractivity contribution in [3.05, 3.63) is 66.8 Å². The van der Waals surface area contributed by atoms with Gasteiger partial charge in [0, 0.05) is 43.2 Å². The maximum Gasteiger partial charge on any atom is 0.251 e. The number of carbonyl (C=O) groups is 3. The van der Waals surface area contributed by atoms with Gasteiger partial charge in [-0.2, -0.15) is 0 Å². The van der Waals surface area contributed by atoms with Crippen LogP contribution in [-0.4, -0.2) is 80.9 Å². The molecular weight excluding hydrogens is 546 g/mol. The van der Waals surface area contributed by atoms with Crippen LogP contribution < -0.4 is 4.90 Å². The third-order valence-electron chi connectivity index (χ3n) is 9.49. The summed E-state index contributed by atoms with van der Waals surface area (Å²) in [6.45, 7) is 6.37. The number of rotatable bonds is 9. The van der Waals surface area contributed by atoms with Crippen LogP contribution in [-0.2, 0) is 14.4 Å². The summed E-state index contributed by atoms with van der Waals surface area (Å²) in [5, 5.41) is 11.4. The number of hydrogen-bond acceptors (Lipinski definition) is 5. The molecule has 0 bridgehead atoms. The minimum atomic E-state index is -0.834. The largest absolute Gasteiger partial charge is 0.396 e. The van der Waals surface area contributed by atoms with E-state index in [4.69, 9.17) is 0 Å². The average Bonchev–Trinajstić information content (AvgIpc) is 3.25. The van der Waals surface area contributed by atoms with Gasteiger partial charge in [0.25, 0.3) is 5.91 Å². The summed E-state index contributed by atoms with van der Waals surface area (Å²) in [4.78, 5) is 48.9. The third-order valence-corrected chi connectivity index (χ3v) is 11.3. The Kier molecular flexibility index (Phi) is 7.96. The zero-order valence-electron chi connectivity index (χ0n) is 24.6. The average molecular weight is 588 g/mol. The first-order valence-corrected chi connectivity index (χ1v) is 16.2. The topological polar surface area (TPSA) is 81.2 Å². The van der Waals surface area contributed by atoms with Gasteiger partial charge in [0.1, 0.15) is 6.04 Å². The van der Waals surface area contributed by atoms with Crippen molar-refractivity contribution in [1.29, 1.82) is 0 Å². The number of benzene rings is 2. The second-order valence-electron chi connectivity index (χ2n) is 12.2. The summed E-state index contributed by atoms with van der Waals surface area (Å²) < 4.78 is -1.42. The summed E-state index contributed by atoms with van der Waals surface area (Å²) in [7, 11) is 0. The highest BCUT2D eigenvalue weighted by Crippen LogP contribution is 2.65. The number of nitrogens with zero attached hydrogens (tertiary/aromatic N) is 3. The summed E-state index contributed by atoms with van der Waals surface area (Å²) in [5.41, 5.74) is 0.813. The van der Waals surface area contributed by atoms with Crippen molar-refractivity contribution < 1.29 is 19.5 Å². The molecule has 6 rings (SSSR count). The number of likely N-dealkylation sites (tertiary alicyclic amines) is 1.